The van der Waals surface area contributed by atoms with E-state index in [4.69, 9.17) is 14.0 Å². The summed E-state index contributed by atoms with van der Waals surface area (Å²) in [6.45, 7) is 5.71. The highest BCUT2D eigenvalue weighted by molar-refractivity contribution is 5.04. The molecular weight excluding hydrogens is 232 g/mol. The monoisotopic (exact) mass is 254 g/mol. The lowest BCUT2D eigenvalue weighted by Crippen LogP contribution is -2.24. The van der Waals surface area contributed by atoms with Crippen molar-refractivity contribution < 1.29 is 14.0 Å². The molecule has 2 heterocycles. The molecule has 1 aliphatic rings. The summed E-state index contributed by atoms with van der Waals surface area (Å²) in [5.41, 5.74) is 0.921. The number of aromatic nitrogens is 1. The van der Waals surface area contributed by atoms with E-state index < -0.39 is 0 Å². The van der Waals surface area contributed by atoms with Gasteiger partial charge in [-0.15, -0.1) is 0 Å². The van der Waals surface area contributed by atoms with Crippen molar-refractivity contribution in [1.82, 2.24) is 10.5 Å². The van der Waals surface area contributed by atoms with Gasteiger partial charge in [0.05, 0.1) is 18.4 Å². The Morgan fingerprint density at radius 3 is 3.22 bits per heavy atom. The van der Waals surface area contributed by atoms with Crippen molar-refractivity contribution in [3.8, 4) is 0 Å². The van der Waals surface area contributed by atoms with Crippen molar-refractivity contribution in [3.05, 3.63) is 17.5 Å². The fourth-order valence-electron chi connectivity index (χ4n) is 1.99. The predicted octanol–water partition coefficient (Wildman–Crippen LogP) is 1.87. The number of hydrogen-bond donors (Lipinski definition) is 1. The molecule has 0 spiro atoms. The van der Waals surface area contributed by atoms with Crippen molar-refractivity contribution in [2.75, 3.05) is 19.8 Å². The number of ether oxygens (including phenoxy) is 2. The molecule has 5 heteroatoms. The molecule has 2 rings (SSSR count). The van der Waals surface area contributed by atoms with Gasteiger partial charge < -0.3 is 19.3 Å². The van der Waals surface area contributed by atoms with Gasteiger partial charge in [0.25, 0.3) is 0 Å². The van der Waals surface area contributed by atoms with E-state index in [1.54, 1.807) is 0 Å². The fraction of sp³-hybridized carbons (Fsp3) is 0.769. The third-order valence-corrected chi connectivity index (χ3v) is 2.99. The molecule has 1 fully saturated rings. The molecule has 0 amide bonds. The zero-order valence-corrected chi connectivity index (χ0v) is 11.0. The lowest BCUT2D eigenvalue weighted by molar-refractivity contribution is -0.0477. The first kappa shape index (κ1) is 13.5. The van der Waals surface area contributed by atoms with Crippen molar-refractivity contribution in [2.45, 2.75) is 45.4 Å². The molecule has 0 bridgehead atoms. The molecular formula is C13H22N2O3. The van der Waals surface area contributed by atoms with Gasteiger partial charge in [0.15, 0.2) is 5.76 Å². The average Bonchev–Trinajstić information content (AvgIpc) is 2.85. The van der Waals surface area contributed by atoms with E-state index >= 15 is 0 Å². The van der Waals surface area contributed by atoms with Gasteiger partial charge in [-0.3, -0.25) is 0 Å². The van der Waals surface area contributed by atoms with Gasteiger partial charge >= 0.3 is 0 Å². The summed E-state index contributed by atoms with van der Waals surface area (Å²) in [5, 5.41) is 7.17. The summed E-state index contributed by atoms with van der Waals surface area (Å²) in [4.78, 5) is 0. The highest BCUT2D eigenvalue weighted by Crippen LogP contribution is 2.13. The fourth-order valence-corrected chi connectivity index (χ4v) is 1.99. The van der Waals surface area contributed by atoms with Crippen LogP contribution in [-0.4, -0.2) is 31.0 Å². The van der Waals surface area contributed by atoms with E-state index in [0.717, 1.165) is 37.6 Å². The normalized spacial score (nSPS) is 20.2. The smallest absolute Gasteiger partial charge is 0.162 e. The highest BCUT2D eigenvalue weighted by Gasteiger charge is 2.14. The molecule has 102 valence electrons. The number of nitrogens with zero attached hydrogens (tertiary/aromatic N) is 1. The van der Waals surface area contributed by atoms with Crippen LogP contribution in [-0.2, 0) is 22.6 Å². The predicted molar refractivity (Wildman–Crippen MR) is 67.1 cm³/mol. The van der Waals surface area contributed by atoms with Gasteiger partial charge in [0, 0.05) is 19.2 Å². The van der Waals surface area contributed by atoms with E-state index in [1.165, 1.54) is 12.8 Å². The van der Waals surface area contributed by atoms with Crippen molar-refractivity contribution in [2.24, 2.45) is 0 Å². The Morgan fingerprint density at radius 2 is 2.44 bits per heavy atom. The second-order valence-corrected chi connectivity index (χ2v) is 4.57. The average molecular weight is 254 g/mol. The minimum Gasteiger partial charge on any atom is -0.376 e. The summed E-state index contributed by atoms with van der Waals surface area (Å²) in [6, 6.07) is 1.93. The second-order valence-electron chi connectivity index (χ2n) is 4.57. The van der Waals surface area contributed by atoms with E-state index in [2.05, 4.69) is 17.4 Å². The molecule has 1 aliphatic heterocycles. The molecule has 1 saturated heterocycles. The molecule has 1 aromatic rings. The Bertz CT molecular complexity index is 335. The van der Waals surface area contributed by atoms with Gasteiger partial charge in [0.1, 0.15) is 6.61 Å². The molecule has 1 aromatic heterocycles. The summed E-state index contributed by atoms with van der Waals surface area (Å²) < 4.78 is 16.4. The Labute approximate surface area is 108 Å². The van der Waals surface area contributed by atoms with Crippen LogP contribution in [0.25, 0.3) is 0 Å². The van der Waals surface area contributed by atoms with Gasteiger partial charge in [-0.1, -0.05) is 12.1 Å². The first-order valence-corrected chi connectivity index (χ1v) is 6.73. The standard InChI is InChI=1S/C13H22N2O3/c1-2-14-8-11-7-13(18-15-11)10-16-9-12-5-3-4-6-17-12/h7,12,14H,2-6,8-10H2,1H3. The molecule has 0 aromatic carbocycles. The Hall–Kier alpha value is -0.910. The summed E-state index contributed by atoms with van der Waals surface area (Å²) >= 11 is 0. The van der Waals surface area contributed by atoms with Crippen LogP contribution in [0.2, 0.25) is 0 Å². The van der Waals surface area contributed by atoms with E-state index in [-0.39, 0.29) is 6.10 Å². The molecule has 1 N–H and O–H groups in total. The van der Waals surface area contributed by atoms with Crippen LogP contribution in [0.1, 0.15) is 37.6 Å². The summed E-state index contributed by atoms with van der Waals surface area (Å²) in [7, 11) is 0. The molecule has 0 aliphatic carbocycles. The maximum absolute atomic E-state index is 5.60. The van der Waals surface area contributed by atoms with Gasteiger partial charge in [-0.2, -0.15) is 0 Å². The van der Waals surface area contributed by atoms with Crippen LogP contribution in [0.4, 0.5) is 0 Å². The molecule has 0 radical (unpaired) electrons. The molecule has 1 unspecified atom stereocenters. The lowest BCUT2D eigenvalue weighted by Gasteiger charge is -2.21. The first-order valence-electron chi connectivity index (χ1n) is 6.73. The van der Waals surface area contributed by atoms with Crippen LogP contribution in [0.3, 0.4) is 0 Å². The molecule has 1 atom stereocenters. The summed E-state index contributed by atoms with van der Waals surface area (Å²) in [5.74, 6) is 0.777. The van der Waals surface area contributed by atoms with Crippen LogP contribution < -0.4 is 5.32 Å². The molecule has 5 nitrogen and oxygen atoms in total. The van der Waals surface area contributed by atoms with Crippen molar-refractivity contribution in [3.63, 3.8) is 0 Å². The lowest BCUT2D eigenvalue weighted by atomic mass is 10.1. The van der Waals surface area contributed by atoms with E-state index in [1.807, 2.05) is 6.07 Å². The van der Waals surface area contributed by atoms with Gasteiger partial charge in [-0.25, -0.2) is 0 Å². The van der Waals surface area contributed by atoms with Crippen LogP contribution in [0.15, 0.2) is 10.6 Å². The van der Waals surface area contributed by atoms with Crippen LogP contribution in [0, 0.1) is 0 Å². The Balaban J connectivity index is 1.64. The third-order valence-electron chi connectivity index (χ3n) is 2.99. The molecule has 0 saturated carbocycles. The van der Waals surface area contributed by atoms with E-state index in [0.29, 0.717) is 13.2 Å². The van der Waals surface area contributed by atoms with Gasteiger partial charge in [-0.05, 0) is 25.8 Å². The van der Waals surface area contributed by atoms with Crippen molar-refractivity contribution >= 4 is 0 Å². The SMILES string of the molecule is CCNCc1cc(COCC2CCCCO2)on1. The highest BCUT2D eigenvalue weighted by atomic mass is 16.5. The Morgan fingerprint density at radius 1 is 1.50 bits per heavy atom. The number of rotatable bonds is 7. The minimum absolute atomic E-state index is 0.253. The first-order chi connectivity index (χ1) is 8.88. The van der Waals surface area contributed by atoms with Gasteiger partial charge in [0.2, 0.25) is 0 Å². The van der Waals surface area contributed by atoms with Crippen LogP contribution in [0.5, 0.6) is 0 Å². The largest absolute Gasteiger partial charge is 0.376 e. The second kappa shape index (κ2) is 7.51. The maximum atomic E-state index is 5.60. The zero-order chi connectivity index (χ0) is 12.6. The van der Waals surface area contributed by atoms with Crippen molar-refractivity contribution in [1.29, 1.82) is 0 Å². The summed E-state index contributed by atoms with van der Waals surface area (Å²) in [6.07, 6.45) is 3.76. The maximum Gasteiger partial charge on any atom is 0.162 e. The topological polar surface area (TPSA) is 56.5 Å². The minimum atomic E-state index is 0.253. The van der Waals surface area contributed by atoms with E-state index in [9.17, 15) is 0 Å². The molecule has 18 heavy (non-hydrogen) atoms. The quantitative estimate of drug-likeness (QED) is 0.805. The number of nitrogens with one attached hydrogen (secondary N) is 1. The number of hydrogen-bond acceptors (Lipinski definition) is 5. The third kappa shape index (κ3) is 4.40. The zero-order valence-electron chi connectivity index (χ0n) is 11.0. The Kier molecular flexibility index (Phi) is 5.64. The van der Waals surface area contributed by atoms with Crippen LogP contribution >= 0.6 is 0 Å².